The first-order valence-corrected chi connectivity index (χ1v) is 6.52. The van der Waals surface area contributed by atoms with Crippen LogP contribution < -0.4 is 11.1 Å². The number of likely N-dealkylation sites (N-methyl/N-ethyl adjacent to an activating group) is 1. The molecule has 5 nitrogen and oxygen atoms in total. The summed E-state index contributed by atoms with van der Waals surface area (Å²) >= 11 is 0. The van der Waals surface area contributed by atoms with Gasteiger partial charge in [-0.05, 0) is 38.6 Å². The van der Waals surface area contributed by atoms with Gasteiger partial charge in [-0.1, -0.05) is 6.92 Å². The molecule has 4 N–H and O–H groups in total. The SMILES string of the molecule is CCC(C)N(C)CCNc1cc(N)ccc1C(=O)O. The minimum atomic E-state index is -0.946. The highest BCUT2D eigenvalue weighted by Crippen LogP contribution is 2.19. The zero-order valence-corrected chi connectivity index (χ0v) is 11.8. The van der Waals surface area contributed by atoms with Crippen LogP contribution in [0.15, 0.2) is 18.2 Å². The van der Waals surface area contributed by atoms with E-state index in [0.29, 0.717) is 24.0 Å². The Morgan fingerprint density at radius 3 is 2.79 bits per heavy atom. The quantitative estimate of drug-likeness (QED) is 0.658. The molecule has 0 aromatic heterocycles. The van der Waals surface area contributed by atoms with Crippen LogP contribution in [0.3, 0.4) is 0 Å². The lowest BCUT2D eigenvalue weighted by Crippen LogP contribution is -2.32. The molecule has 0 spiro atoms. The molecule has 0 fully saturated rings. The molecule has 0 aliphatic rings. The van der Waals surface area contributed by atoms with Crippen molar-refractivity contribution in [1.29, 1.82) is 0 Å². The van der Waals surface area contributed by atoms with Gasteiger partial charge < -0.3 is 21.1 Å². The van der Waals surface area contributed by atoms with E-state index in [1.807, 2.05) is 0 Å². The second-order valence-electron chi connectivity index (χ2n) is 4.77. The van der Waals surface area contributed by atoms with Crippen LogP contribution in [0.2, 0.25) is 0 Å². The second kappa shape index (κ2) is 6.99. The molecular weight excluding hydrogens is 242 g/mol. The first-order chi connectivity index (χ1) is 8.95. The number of hydrogen-bond donors (Lipinski definition) is 3. The Balaban J connectivity index is 2.62. The number of nitrogens with zero attached hydrogens (tertiary/aromatic N) is 1. The largest absolute Gasteiger partial charge is 0.478 e. The molecule has 0 amide bonds. The van der Waals surface area contributed by atoms with Crippen molar-refractivity contribution in [3.8, 4) is 0 Å². The van der Waals surface area contributed by atoms with Gasteiger partial charge in [0, 0.05) is 24.8 Å². The fourth-order valence-electron chi connectivity index (χ4n) is 1.79. The van der Waals surface area contributed by atoms with E-state index in [0.717, 1.165) is 13.0 Å². The Morgan fingerprint density at radius 1 is 1.53 bits per heavy atom. The van der Waals surface area contributed by atoms with E-state index in [-0.39, 0.29) is 5.56 Å². The summed E-state index contributed by atoms with van der Waals surface area (Å²) in [4.78, 5) is 13.3. The number of carboxylic acids is 1. The maximum atomic E-state index is 11.1. The summed E-state index contributed by atoms with van der Waals surface area (Å²) < 4.78 is 0. The van der Waals surface area contributed by atoms with Crippen LogP contribution in [0.4, 0.5) is 11.4 Å². The number of anilines is 2. The predicted molar refractivity (Wildman–Crippen MR) is 78.7 cm³/mol. The van der Waals surface area contributed by atoms with Gasteiger partial charge in [0.1, 0.15) is 0 Å². The van der Waals surface area contributed by atoms with Gasteiger partial charge in [0.05, 0.1) is 11.3 Å². The maximum absolute atomic E-state index is 11.1. The molecule has 0 aliphatic heterocycles. The molecule has 1 aromatic carbocycles. The van der Waals surface area contributed by atoms with Gasteiger partial charge in [-0.25, -0.2) is 4.79 Å². The standard InChI is InChI=1S/C14H23N3O2/c1-4-10(2)17(3)8-7-16-13-9-11(15)5-6-12(13)14(18)19/h5-6,9-10,16H,4,7-8,15H2,1-3H3,(H,18,19). The molecule has 0 saturated heterocycles. The fourth-order valence-corrected chi connectivity index (χ4v) is 1.79. The van der Waals surface area contributed by atoms with Crippen molar-refractivity contribution in [2.75, 3.05) is 31.2 Å². The lowest BCUT2D eigenvalue weighted by molar-refractivity contribution is 0.0698. The van der Waals surface area contributed by atoms with Crippen LogP contribution in [0, 0.1) is 0 Å². The number of rotatable bonds is 7. The molecule has 1 rings (SSSR count). The van der Waals surface area contributed by atoms with Crippen molar-refractivity contribution >= 4 is 17.3 Å². The molecule has 0 radical (unpaired) electrons. The van der Waals surface area contributed by atoms with Gasteiger partial charge in [-0.3, -0.25) is 0 Å². The molecule has 0 bridgehead atoms. The zero-order valence-electron chi connectivity index (χ0n) is 11.8. The molecule has 0 saturated carbocycles. The Labute approximate surface area is 114 Å². The monoisotopic (exact) mass is 265 g/mol. The van der Waals surface area contributed by atoms with Crippen molar-refractivity contribution in [3.05, 3.63) is 23.8 Å². The van der Waals surface area contributed by atoms with E-state index in [4.69, 9.17) is 10.8 Å². The van der Waals surface area contributed by atoms with Gasteiger partial charge >= 0.3 is 5.97 Å². The van der Waals surface area contributed by atoms with E-state index >= 15 is 0 Å². The number of benzene rings is 1. The number of carboxylic acid groups (broad SMARTS) is 1. The average molecular weight is 265 g/mol. The summed E-state index contributed by atoms with van der Waals surface area (Å²) in [7, 11) is 2.06. The lowest BCUT2D eigenvalue weighted by Gasteiger charge is -2.23. The maximum Gasteiger partial charge on any atom is 0.337 e. The smallest absolute Gasteiger partial charge is 0.337 e. The van der Waals surface area contributed by atoms with Crippen molar-refractivity contribution in [1.82, 2.24) is 4.90 Å². The lowest BCUT2D eigenvalue weighted by atomic mass is 10.1. The highest BCUT2D eigenvalue weighted by molar-refractivity contribution is 5.95. The molecule has 0 heterocycles. The van der Waals surface area contributed by atoms with E-state index in [9.17, 15) is 4.79 Å². The topological polar surface area (TPSA) is 78.6 Å². The van der Waals surface area contributed by atoms with Crippen LogP contribution in [0.1, 0.15) is 30.6 Å². The van der Waals surface area contributed by atoms with E-state index in [1.165, 1.54) is 6.07 Å². The number of aromatic carboxylic acids is 1. The number of nitrogens with two attached hydrogens (primary N) is 1. The van der Waals surface area contributed by atoms with Crippen LogP contribution in [-0.2, 0) is 0 Å². The molecule has 1 aromatic rings. The highest BCUT2D eigenvalue weighted by Gasteiger charge is 2.11. The Morgan fingerprint density at radius 2 is 2.21 bits per heavy atom. The summed E-state index contributed by atoms with van der Waals surface area (Å²) in [5, 5.41) is 12.2. The molecule has 0 aliphatic carbocycles. The Hall–Kier alpha value is -1.75. The summed E-state index contributed by atoms with van der Waals surface area (Å²) in [6.45, 7) is 5.85. The summed E-state index contributed by atoms with van der Waals surface area (Å²) in [5.74, 6) is -0.946. The molecule has 106 valence electrons. The number of nitrogens with one attached hydrogen (secondary N) is 1. The van der Waals surface area contributed by atoms with E-state index in [1.54, 1.807) is 12.1 Å². The van der Waals surface area contributed by atoms with Gasteiger partial charge in [-0.2, -0.15) is 0 Å². The van der Waals surface area contributed by atoms with Crippen molar-refractivity contribution in [3.63, 3.8) is 0 Å². The first-order valence-electron chi connectivity index (χ1n) is 6.52. The van der Waals surface area contributed by atoms with Gasteiger partial charge in [0.2, 0.25) is 0 Å². The van der Waals surface area contributed by atoms with Gasteiger partial charge in [-0.15, -0.1) is 0 Å². The average Bonchev–Trinajstić information content (AvgIpc) is 2.37. The van der Waals surface area contributed by atoms with Crippen LogP contribution in [0.25, 0.3) is 0 Å². The fraction of sp³-hybridized carbons (Fsp3) is 0.500. The number of carbonyl (C=O) groups is 1. The third-order valence-corrected chi connectivity index (χ3v) is 3.40. The molecule has 1 atom stereocenters. The third-order valence-electron chi connectivity index (χ3n) is 3.40. The van der Waals surface area contributed by atoms with E-state index < -0.39 is 5.97 Å². The summed E-state index contributed by atoms with van der Waals surface area (Å²) in [6, 6.07) is 5.30. The molecule has 1 unspecified atom stereocenters. The van der Waals surface area contributed by atoms with Gasteiger partial charge in [0.15, 0.2) is 0 Å². The van der Waals surface area contributed by atoms with Crippen molar-refractivity contribution in [2.45, 2.75) is 26.3 Å². The summed E-state index contributed by atoms with van der Waals surface area (Å²) in [6.07, 6.45) is 1.09. The second-order valence-corrected chi connectivity index (χ2v) is 4.77. The minimum Gasteiger partial charge on any atom is -0.478 e. The Bertz CT molecular complexity index is 435. The third kappa shape index (κ3) is 4.44. The number of hydrogen-bond acceptors (Lipinski definition) is 4. The number of nitrogen functional groups attached to an aromatic ring is 1. The first kappa shape index (κ1) is 15.3. The van der Waals surface area contributed by atoms with E-state index in [2.05, 4.69) is 31.1 Å². The Kier molecular flexibility index (Phi) is 5.63. The minimum absolute atomic E-state index is 0.250. The van der Waals surface area contributed by atoms with Crippen molar-refractivity contribution < 1.29 is 9.90 Å². The predicted octanol–water partition coefficient (Wildman–Crippen LogP) is 2.11. The highest BCUT2D eigenvalue weighted by atomic mass is 16.4. The van der Waals surface area contributed by atoms with Crippen LogP contribution >= 0.6 is 0 Å². The summed E-state index contributed by atoms with van der Waals surface area (Å²) in [5.41, 5.74) is 7.07. The normalized spacial score (nSPS) is 12.4. The van der Waals surface area contributed by atoms with Crippen LogP contribution in [0.5, 0.6) is 0 Å². The molecule has 5 heteroatoms. The molecular formula is C14H23N3O2. The van der Waals surface area contributed by atoms with Gasteiger partial charge in [0.25, 0.3) is 0 Å². The van der Waals surface area contributed by atoms with Crippen LogP contribution in [-0.4, -0.2) is 42.2 Å². The zero-order chi connectivity index (χ0) is 14.4. The van der Waals surface area contributed by atoms with Crippen molar-refractivity contribution in [2.24, 2.45) is 0 Å². The molecule has 19 heavy (non-hydrogen) atoms.